The van der Waals surface area contributed by atoms with Gasteiger partial charge in [-0.2, -0.15) is 0 Å². The maximum atomic E-state index is 12.8. The highest BCUT2D eigenvalue weighted by Crippen LogP contribution is 2.26. The second-order valence-electron chi connectivity index (χ2n) is 5.71. The fourth-order valence-electron chi connectivity index (χ4n) is 3.17. The van der Waals surface area contributed by atoms with E-state index >= 15 is 0 Å². The number of aryl methyl sites for hydroxylation is 1. The molecule has 1 aliphatic rings. The van der Waals surface area contributed by atoms with Gasteiger partial charge in [-0.25, -0.2) is 0 Å². The molecular formula is C18H19NO3S. The third-order valence-corrected chi connectivity index (χ3v) is 5.24. The number of aliphatic carboxylic acids is 1. The molecule has 1 aromatic carbocycles. The molecular weight excluding hydrogens is 310 g/mol. The van der Waals surface area contributed by atoms with Gasteiger partial charge in [-0.1, -0.05) is 25.1 Å². The van der Waals surface area contributed by atoms with Crippen LogP contribution >= 0.6 is 11.3 Å². The van der Waals surface area contributed by atoms with Gasteiger partial charge in [0.25, 0.3) is 5.91 Å². The first-order chi connectivity index (χ1) is 11.1. The number of fused-ring (bicyclic) bond motifs is 1. The van der Waals surface area contributed by atoms with E-state index in [1.165, 1.54) is 28.0 Å². The Morgan fingerprint density at radius 2 is 2.13 bits per heavy atom. The van der Waals surface area contributed by atoms with Gasteiger partial charge in [0, 0.05) is 18.0 Å². The van der Waals surface area contributed by atoms with Crippen molar-refractivity contribution in [3.05, 3.63) is 56.8 Å². The minimum atomic E-state index is -0.905. The number of nitrogens with zero attached hydrogens (tertiary/aromatic N) is 1. The topological polar surface area (TPSA) is 57.6 Å². The van der Waals surface area contributed by atoms with Crippen LogP contribution in [0.3, 0.4) is 0 Å². The van der Waals surface area contributed by atoms with Crippen LogP contribution in [0.4, 0.5) is 0 Å². The van der Waals surface area contributed by atoms with E-state index in [4.69, 9.17) is 5.11 Å². The smallest absolute Gasteiger partial charge is 0.308 e. The van der Waals surface area contributed by atoms with Crippen molar-refractivity contribution in [2.24, 2.45) is 0 Å². The summed E-state index contributed by atoms with van der Waals surface area (Å²) < 4.78 is 0. The molecule has 0 atom stereocenters. The minimum Gasteiger partial charge on any atom is -0.481 e. The molecule has 120 valence electrons. The van der Waals surface area contributed by atoms with E-state index in [1.807, 2.05) is 11.0 Å². The van der Waals surface area contributed by atoms with Gasteiger partial charge in [-0.05, 0) is 41.0 Å². The van der Waals surface area contributed by atoms with E-state index in [9.17, 15) is 9.59 Å². The van der Waals surface area contributed by atoms with E-state index in [0.29, 0.717) is 23.5 Å². The van der Waals surface area contributed by atoms with Gasteiger partial charge >= 0.3 is 5.97 Å². The van der Waals surface area contributed by atoms with Crippen LogP contribution in [0.1, 0.15) is 38.8 Å². The highest BCUT2D eigenvalue weighted by atomic mass is 32.1. The number of carboxylic acid groups (broad SMARTS) is 1. The third-order valence-electron chi connectivity index (χ3n) is 4.32. The molecule has 0 radical (unpaired) electrons. The largest absolute Gasteiger partial charge is 0.481 e. The normalized spacial score (nSPS) is 13.7. The molecule has 0 bridgehead atoms. The Bertz CT molecular complexity index is 750. The first-order valence-corrected chi connectivity index (χ1v) is 8.65. The van der Waals surface area contributed by atoms with Crippen LogP contribution in [0, 0.1) is 0 Å². The van der Waals surface area contributed by atoms with Crippen molar-refractivity contribution in [2.45, 2.75) is 32.7 Å². The molecule has 0 saturated carbocycles. The second-order valence-corrected chi connectivity index (χ2v) is 6.71. The van der Waals surface area contributed by atoms with Crippen LogP contribution in [-0.2, 0) is 30.6 Å². The second kappa shape index (κ2) is 6.54. The van der Waals surface area contributed by atoms with Gasteiger partial charge in [0.1, 0.15) is 0 Å². The van der Waals surface area contributed by atoms with Gasteiger partial charge < -0.3 is 10.0 Å². The molecule has 4 nitrogen and oxygen atoms in total. The molecule has 1 N–H and O–H groups in total. The predicted octanol–water partition coefficient (Wildman–Crippen LogP) is 3.14. The third kappa shape index (κ3) is 3.15. The van der Waals surface area contributed by atoms with Gasteiger partial charge in [0.15, 0.2) is 0 Å². The number of benzene rings is 1. The lowest BCUT2D eigenvalue weighted by molar-refractivity contribution is -0.136. The summed E-state index contributed by atoms with van der Waals surface area (Å²) in [5, 5.41) is 10.8. The lowest BCUT2D eigenvalue weighted by Gasteiger charge is -2.30. The maximum absolute atomic E-state index is 12.8. The molecule has 3 rings (SSSR count). The molecule has 1 amide bonds. The number of rotatable bonds is 4. The van der Waals surface area contributed by atoms with Gasteiger partial charge in [-0.15, -0.1) is 11.3 Å². The average molecular weight is 329 g/mol. The lowest BCUT2D eigenvalue weighted by Crippen LogP contribution is -2.36. The SMILES string of the molecule is CCc1cccc2c1CCN(C(=O)c1ccsc1CC(=O)O)C2. The number of carbonyl (C=O) groups excluding carboxylic acids is 1. The number of amides is 1. The molecule has 0 spiro atoms. The predicted molar refractivity (Wildman–Crippen MR) is 89.9 cm³/mol. The number of thiophene rings is 1. The minimum absolute atomic E-state index is 0.0601. The summed E-state index contributed by atoms with van der Waals surface area (Å²) in [5.41, 5.74) is 4.47. The van der Waals surface area contributed by atoms with Gasteiger partial charge in [-0.3, -0.25) is 9.59 Å². The Labute approximate surface area is 139 Å². The Balaban J connectivity index is 1.82. The number of carboxylic acids is 1. The Hall–Kier alpha value is -2.14. The summed E-state index contributed by atoms with van der Waals surface area (Å²) >= 11 is 1.33. The summed E-state index contributed by atoms with van der Waals surface area (Å²) in [6.07, 6.45) is 1.77. The Morgan fingerprint density at radius 1 is 1.30 bits per heavy atom. The summed E-state index contributed by atoms with van der Waals surface area (Å²) in [4.78, 5) is 26.2. The Kier molecular flexibility index (Phi) is 4.48. The molecule has 2 aromatic rings. The molecule has 1 aliphatic heterocycles. The molecule has 0 fully saturated rings. The van der Waals surface area contributed by atoms with Gasteiger partial charge in [0.05, 0.1) is 12.0 Å². The van der Waals surface area contributed by atoms with Gasteiger partial charge in [0.2, 0.25) is 0 Å². The molecule has 0 unspecified atom stereocenters. The van der Waals surface area contributed by atoms with Crippen molar-refractivity contribution in [3.8, 4) is 0 Å². The van der Waals surface area contributed by atoms with Crippen LogP contribution in [0.2, 0.25) is 0 Å². The van der Waals surface area contributed by atoms with E-state index in [1.54, 1.807) is 11.4 Å². The molecule has 0 aliphatic carbocycles. The van der Waals surface area contributed by atoms with E-state index in [0.717, 1.165) is 12.8 Å². The van der Waals surface area contributed by atoms with E-state index in [2.05, 4.69) is 19.1 Å². The van der Waals surface area contributed by atoms with Crippen LogP contribution in [0.5, 0.6) is 0 Å². The molecule has 2 heterocycles. The van der Waals surface area contributed by atoms with Crippen LogP contribution in [0.25, 0.3) is 0 Å². The molecule has 0 saturated heterocycles. The van der Waals surface area contributed by atoms with Crippen molar-refractivity contribution < 1.29 is 14.7 Å². The highest BCUT2D eigenvalue weighted by Gasteiger charge is 2.25. The fourth-order valence-corrected chi connectivity index (χ4v) is 4.03. The highest BCUT2D eigenvalue weighted by molar-refractivity contribution is 7.10. The summed E-state index contributed by atoms with van der Waals surface area (Å²) in [5.74, 6) is -0.965. The van der Waals surface area contributed by atoms with Crippen molar-refractivity contribution >= 4 is 23.2 Å². The zero-order valence-electron chi connectivity index (χ0n) is 13.0. The van der Waals surface area contributed by atoms with Crippen molar-refractivity contribution in [1.82, 2.24) is 4.90 Å². The summed E-state index contributed by atoms with van der Waals surface area (Å²) in [6, 6.07) is 8.02. The fraction of sp³-hybridized carbons (Fsp3) is 0.333. The van der Waals surface area contributed by atoms with Crippen LogP contribution in [-0.4, -0.2) is 28.4 Å². The maximum Gasteiger partial charge on any atom is 0.308 e. The zero-order chi connectivity index (χ0) is 16.4. The quantitative estimate of drug-likeness (QED) is 0.937. The standard InChI is InChI=1S/C18H19NO3S/c1-2-12-4-3-5-13-11-19(8-6-14(12)13)18(22)15-7-9-23-16(15)10-17(20)21/h3-5,7,9H,2,6,8,10-11H2,1H3,(H,20,21). The number of hydrogen-bond acceptors (Lipinski definition) is 3. The Morgan fingerprint density at radius 3 is 2.87 bits per heavy atom. The molecule has 5 heteroatoms. The van der Waals surface area contributed by atoms with Crippen molar-refractivity contribution in [1.29, 1.82) is 0 Å². The summed E-state index contributed by atoms with van der Waals surface area (Å²) in [6.45, 7) is 3.44. The average Bonchev–Trinajstić information content (AvgIpc) is 3.00. The van der Waals surface area contributed by atoms with E-state index in [-0.39, 0.29) is 12.3 Å². The molecule has 1 aromatic heterocycles. The zero-order valence-corrected chi connectivity index (χ0v) is 13.9. The van der Waals surface area contributed by atoms with E-state index < -0.39 is 5.97 Å². The van der Waals surface area contributed by atoms with Crippen LogP contribution < -0.4 is 0 Å². The number of carbonyl (C=O) groups is 2. The monoisotopic (exact) mass is 329 g/mol. The first-order valence-electron chi connectivity index (χ1n) is 7.77. The summed E-state index contributed by atoms with van der Waals surface area (Å²) in [7, 11) is 0. The molecule has 23 heavy (non-hydrogen) atoms. The first kappa shape index (κ1) is 15.7. The van der Waals surface area contributed by atoms with Crippen molar-refractivity contribution in [3.63, 3.8) is 0 Å². The van der Waals surface area contributed by atoms with Crippen LogP contribution in [0.15, 0.2) is 29.6 Å². The lowest BCUT2D eigenvalue weighted by atomic mass is 9.93. The van der Waals surface area contributed by atoms with Crippen molar-refractivity contribution in [2.75, 3.05) is 6.54 Å². The number of hydrogen-bond donors (Lipinski definition) is 1.